The van der Waals surface area contributed by atoms with Crippen LogP contribution in [0.2, 0.25) is 0 Å². The number of likely N-dealkylation sites (N-methyl/N-ethyl adjacent to an activating group) is 1. The Labute approximate surface area is 142 Å². The molecule has 1 rings (SSSR count). The highest BCUT2D eigenvalue weighted by molar-refractivity contribution is 5.90. The Kier molecular flexibility index (Phi) is 8.49. The summed E-state index contributed by atoms with van der Waals surface area (Å²) < 4.78 is 0. The van der Waals surface area contributed by atoms with Gasteiger partial charge in [0.15, 0.2) is 0 Å². The van der Waals surface area contributed by atoms with E-state index in [1.807, 2.05) is 44.2 Å². The van der Waals surface area contributed by atoms with Gasteiger partial charge in [0.2, 0.25) is 17.7 Å². The van der Waals surface area contributed by atoms with Crippen LogP contribution in [0, 0.1) is 0 Å². The van der Waals surface area contributed by atoms with Gasteiger partial charge in [-0.05, 0) is 5.56 Å². The number of nitrogens with one attached hydrogen (secondary N) is 4. The molecule has 0 saturated heterocycles. The highest BCUT2D eigenvalue weighted by Crippen LogP contribution is 2.03. The van der Waals surface area contributed by atoms with Crippen LogP contribution < -0.4 is 21.3 Å². The molecule has 4 N–H and O–H groups in total. The number of hydrogen-bond acceptors (Lipinski definition) is 4. The fourth-order valence-corrected chi connectivity index (χ4v) is 2.02. The molecule has 1 aromatic rings. The number of benzene rings is 1. The van der Waals surface area contributed by atoms with Gasteiger partial charge in [0.05, 0.1) is 13.1 Å². The van der Waals surface area contributed by atoms with Gasteiger partial charge in [0, 0.05) is 19.5 Å². The molecule has 0 aromatic heterocycles. The summed E-state index contributed by atoms with van der Waals surface area (Å²) in [4.78, 5) is 35.5. The molecular weight excluding hydrogens is 308 g/mol. The number of amides is 3. The smallest absolute Gasteiger partial charge is 0.242 e. The van der Waals surface area contributed by atoms with Gasteiger partial charge in [0.25, 0.3) is 0 Å². The van der Waals surface area contributed by atoms with Gasteiger partial charge in [0.1, 0.15) is 6.04 Å². The van der Waals surface area contributed by atoms with Gasteiger partial charge >= 0.3 is 0 Å². The SMILES string of the molecule is CNC(=O)C(Cc1ccccc1)NC(=O)CNC(=O)CNC(C)C. The molecule has 0 aliphatic carbocycles. The fraction of sp³-hybridized carbons (Fsp3) is 0.471. The monoisotopic (exact) mass is 334 g/mol. The Morgan fingerprint density at radius 2 is 1.67 bits per heavy atom. The van der Waals surface area contributed by atoms with Crippen LogP contribution >= 0.6 is 0 Å². The number of carbonyl (C=O) groups excluding carboxylic acids is 3. The Morgan fingerprint density at radius 1 is 1.00 bits per heavy atom. The van der Waals surface area contributed by atoms with Crippen molar-refractivity contribution in [3.8, 4) is 0 Å². The minimum atomic E-state index is -0.685. The van der Waals surface area contributed by atoms with E-state index in [1.54, 1.807) is 0 Å². The Hall–Kier alpha value is -2.41. The predicted molar refractivity (Wildman–Crippen MR) is 92.3 cm³/mol. The zero-order chi connectivity index (χ0) is 17.9. The molecule has 1 aromatic carbocycles. The molecule has 0 radical (unpaired) electrons. The van der Waals surface area contributed by atoms with Crippen LogP contribution in [0.25, 0.3) is 0 Å². The molecule has 7 heteroatoms. The van der Waals surface area contributed by atoms with Gasteiger partial charge < -0.3 is 21.3 Å². The Morgan fingerprint density at radius 3 is 2.25 bits per heavy atom. The van der Waals surface area contributed by atoms with E-state index in [0.717, 1.165) is 5.56 Å². The zero-order valence-corrected chi connectivity index (χ0v) is 14.4. The number of rotatable bonds is 9. The van der Waals surface area contributed by atoms with Crippen LogP contribution in [0.5, 0.6) is 0 Å². The third kappa shape index (κ3) is 7.73. The summed E-state index contributed by atoms with van der Waals surface area (Å²) in [6, 6.07) is 8.92. The van der Waals surface area contributed by atoms with E-state index in [0.29, 0.717) is 6.42 Å². The standard InChI is InChI=1S/C17H26N4O3/c1-12(2)19-10-15(22)20-11-16(23)21-14(17(24)18-3)9-13-7-5-4-6-8-13/h4-8,12,14,19H,9-11H2,1-3H3,(H,18,24)(H,20,22)(H,21,23). The van der Waals surface area contributed by atoms with E-state index < -0.39 is 11.9 Å². The number of hydrogen-bond donors (Lipinski definition) is 4. The molecule has 1 atom stereocenters. The maximum atomic E-state index is 12.0. The maximum Gasteiger partial charge on any atom is 0.242 e. The molecule has 0 aliphatic rings. The van der Waals surface area contributed by atoms with Crippen molar-refractivity contribution < 1.29 is 14.4 Å². The first-order valence-corrected chi connectivity index (χ1v) is 7.97. The summed E-state index contributed by atoms with van der Waals surface area (Å²) in [6.45, 7) is 3.84. The molecule has 1 unspecified atom stereocenters. The lowest BCUT2D eigenvalue weighted by atomic mass is 10.1. The van der Waals surface area contributed by atoms with Gasteiger partial charge in [-0.25, -0.2) is 0 Å². The molecular formula is C17H26N4O3. The van der Waals surface area contributed by atoms with E-state index in [2.05, 4.69) is 21.3 Å². The molecule has 0 heterocycles. The maximum absolute atomic E-state index is 12.0. The molecule has 0 aliphatic heterocycles. The molecule has 132 valence electrons. The lowest BCUT2D eigenvalue weighted by Crippen LogP contribution is -2.50. The zero-order valence-electron chi connectivity index (χ0n) is 14.4. The van der Waals surface area contributed by atoms with Crippen molar-refractivity contribution in [2.45, 2.75) is 32.4 Å². The third-order valence-electron chi connectivity index (χ3n) is 3.30. The molecule has 0 fully saturated rings. The summed E-state index contributed by atoms with van der Waals surface area (Å²) >= 11 is 0. The number of carbonyl (C=O) groups is 3. The third-order valence-corrected chi connectivity index (χ3v) is 3.30. The van der Waals surface area contributed by atoms with Crippen LogP contribution in [0.1, 0.15) is 19.4 Å². The lowest BCUT2D eigenvalue weighted by molar-refractivity contribution is -0.129. The largest absolute Gasteiger partial charge is 0.357 e. The van der Waals surface area contributed by atoms with Crippen molar-refractivity contribution in [3.63, 3.8) is 0 Å². The van der Waals surface area contributed by atoms with Crippen molar-refractivity contribution >= 4 is 17.7 Å². The molecule has 0 bridgehead atoms. The van der Waals surface area contributed by atoms with Crippen molar-refractivity contribution in [3.05, 3.63) is 35.9 Å². The van der Waals surface area contributed by atoms with Crippen LogP contribution in [0.3, 0.4) is 0 Å². The van der Waals surface area contributed by atoms with Crippen LogP contribution in [-0.2, 0) is 20.8 Å². The quantitative estimate of drug-likeness (QED) is 0.493. The van der Waals surface area contributed by atoms with E-state index >= 15 is 0 Å². The van der Waals surface area contributed by atoms with Gasteiger partial charge in [-0.1, -0.05) is 44.2 Å². The first-order valence-electron chi connectivity index (χ1n) is 7.97. The lowest BCUT2D eigenvalue weighted by Gasteiger charge is -2.18. The second kappa shape index (κ2) is 10.4. The minimum absolute atomic E-state index is 0.147. The minimum Gasteiger partial charge on any atom is -0.357 e. The average molecular weight is 334 g/mol. The second-order valence-corrected chi connectivity index (χ2v) is 5.74. The summed E-state index contributed by atoms with van der Waals surface area (Å²) in [7, 11) is 1.52. The van der Waals surface area contributed by atoms with E-state index in [9.17, 15) is 14.4 Å². The normalized spacial score (nSPS) is 11.7. The Bertz CT molecular complexity index is 546. The van der Waals surface area contributed by atoms with Gasteiger partial charge in [-0.3, -0.25) is 14.4 Å². The summed E-state index contributed by atoms with van der Waals surface area (Å²) in [5, 5.41) is 10.7. The molecule has 7 nitrogen and oxygen atoms in total. The van der Waals surface area contributed by atoms with Crippen LogP contribution in [-0.4, -0.2) is 49.9 Å². The van der Waals surface area contributed by atoms with E-state index in [1.165, 1.54) is 7.05 Å². The summed E-state index contributed by atoms with van der Waals surface area (Å²) in [5.74, 6) is -0.948. The topological polar surface area (TPSA) is 99.3 Å². The first kappa shape index (κ1) is 19.6. The molecule has 24 heavy (non-hydrogen) atoms. The first-order chi connectivity index (χ1) is 11.4. The second-order valence-electron chi connectivity index (χ2n) is 5.74. The van der Waals surface area contributed by atoms with Gasteiger partial charge in [-0.15, -0.1) is 0 Å². The van der Waals surface area contributed by atoms with Crippen LogP contribution in [0.4, 0.5) is 0 Å². The molecule has 0 spiro atoms. The van der Waals surface area contributed by atoms with Crippen molar-refractivity contribution in [2.24, 2.45) is 0 Å². The van der Waals surface area contributed by atoms with Crippen molar-refractivity contribution in [2.75, 3.05) is 20.1 Å². The highest BCUT2D eigenvalue weighted by atomic mass is 16.2. The van der Waals surface area contributed by atoms with E-state index in [-0.39, 0.29) is 30.9 Å². The molecule has 0 saturated carbocycles. The molecule has 3 amide bonds. The fourth-order valence-electron chi connectivity index (χ4n) is 2.02. The van der Waals surface area contributed by atoms with Crippen molar-refractivity contribution in [1.29, 1.82) is 0 Å². The Balaban J connectivity index is 2.49. The predicted octanol–water partition coefficient (Wildman–Crippen LogP) is -0.426. The van der Waals surface area contributed by atoms with Gasteiger partial charge in [-0.2, -0.15) is 0 Å². The van der Waals surface area contributed by atoms with E-state index in [4.69, 9.17) is 0 Å². The summed E-state index contributed by atoms with van der Waals surface area (Å²) in [6.07, 6.45) is 0.384. The van der Waals surface area contributed by atoms with Crippen LogP contribution in [0.15, 0.2) is 30.3 Å². The highest BCUT2D eigenvalue weighted by Gasteiger charge is 2.20. The average Bonchev–Trinajstić information content (AvgIpc) is 2.57. The summed E-state index contributed by atoms with van der Waals surface area (Å²) in [5.41, 5.74) is 0.941. The van der Waals surface area contributed by atoms with Crippen molar-refractivity contribution in [1.82, 2.24) is 21.3 Å².